The van der Waals surface area contributed by atoms with Crippen LogP contribution in [0.15, 0.2) is 18.3 Å². The van der Waals surface area contributed by atoms with Crippen LogP contribution in [0.3, 0.4) is 0 Å². The Balaban J connectivity index is 2.03. The quantitative estimate of drug-likeness (QED) is 0.629. The molecule has 2 heterocycles. The number of hydrogen-bond donors (Lipinski definition) is 2. The molecule has 2 N–H and O–H groups in total. The maximum absolute atomic E-state index is 10.8. The fourth-order valence-corrected chi connectivity index (χ4v) is 2.26. The number of nitrogens with zero attached hydrogens (tertiary/aromatic N) is 2. The van der Waals surface area contributed by atoms with E-state index in [1.165, 1.54) is 6.20 Å². The van der Waals surface area contributed by atoms with Crippen LogP contribution < -0.4 is 10.6 Å². The summed E-state index contributed by atoms with van der Waals surface area (Å²) in [6, 6.07) is 3.40. The number of rotatable bonds is 4. The van der Waals surface area contributed by atoms with Crippen LogP contribution in [-0.2, 0) is 0 Å². The monoisotopic (exact) mass is 250 g/mol. The van der Waals surface area contributed by atoms with E-state index in [0.29, 0.717) is 12.2 Å². The molecule has 0 radical (unpaired) electrons. The summed E-state index contributed by atoms with van der Waals surface area (Å²) in [5.74, 6) is -0.107. The summed E-state index contributed by atoms with van der Waals surface area (Å²) in [7, 11) is 0. The molecule has 0 spiro atoms. The molecule has 1 aliphatic heterocycles. The maximum Gasteiger partial charge on any atom is 0.386 e. The number of anilines is 1. The van der Waals surface area contributed by atoms with Crippen LogP contribution in [0.5, 0.6) is 0 Å². The molecule has 6 nitrogen and oxygen atoms in total. The van der Waals surface area contributed by atoms with Gasteiger partial charge in [0.25, 0.3) is 0 Å². The molecule has 0 saturated carbocycles. The largest absolute Gasteiger partial charge is 0.386 e. The van der Waals surface area contributed by atoms with Crippen LogP contribution in [0.4, 0.5) is 11.5 Å². The summed E-state index contributed by atoms with van der Waals surface area (Å²) in [5, 5.41) is 17.4. The fourth-order valence-electron chi connectivity index (χ4n) is 2.26. The molecule has 1 aromatic rings. The van der Waals surface area contributed by atoms with E-state index >= 15 is 0 Å². The number of piperidine rings is 1. The van der Waals surface area contributed by atoms with Crippen LogP contribution in [0.1, 0.15) is 19.8 Å². The van der Waals surface area contributed by atoms with Gasteiger partial charge in [-0.1, -0.05) is 6.92 Å². The van der Waals surface area contributed by atoms with Gasteiger partial charge in [0.2, 0.25) is 0 Å². The second kappa shape index (κ2) is 5.30. The lowest BCUT2D eigenvalue weighted by molar-refractivity contribution is -0.388. The molecule has 1 aromatic heterocycles. The van der Waals surface area contributed by atoms with Crippen molar-refractivity contribution >= 4 is 11.5 Å². The lowest BCUT2D eigenvalue weighted by Crippen LogP contribution is -2.42. The molecule has 6 heteroatoms. The Kier molecular flexibility index (Phi) is 3.76. The first-order chi connectivity index (χ1) is 8.61. The van der Waals surface area contributed by atoms with Gasteiger partial charge in [-0.3, -0.25) is 0 Å². The lowest BCUT2D eigenvalue weighted by Gasteiger charge is -2.34. The van der Waals surface area contributed by atoms with E-state index in [2.05, 4.69) is 22.5 Å². The van der Waals surface area contributed by atoms with E-state index in [-0.39, 0.29) is 11.2 Å². The van der Waals surface area contributed by atoms with Gasteiger partial charge in [-0.2, -0.15) is 0 Å². The average Bonchev–Trinajstić information content (AvgIpc) is 2.38. The Morgan fingerprint density at radius 1 is 1.67 bits per heavy atom. The van der Waals surface area contributed by atoms with Crippen LogP contribution >= 0.6 is 0 Å². The summed E-state index contributed by atoms with van der Waals surface area (Å²) >= 11 is 0. The molecule has 1 unspecified atom stereocenters. The van der Waals surface area contributed by atoms with Gasteiger partial charge in [0.05, 0.1) is 0 Å². The Bertz CT molecular complexity index is 430. The van der Waals surface area contributed by atoms with Gasteiger partial charge in [-0.15, -0.1) is 0 Å². The second-order valence-electron chi connectivity index (χ2n) is 5.08. The van der Waals surface area contributed by atoms with Crippen molar-refractivity contribution in [3.63, 3.8) is 0 Å². The zero-order valence-electron chi connectivity index (χ0n) is 10.5. The first-order valence-corrected chi connectivity index (χ1v) is 6.15. The van der Waals surface area contributed by atoms with Gasteiger partial charge >= 0.3 is 5.82 Å². The molecule has 1 fully saturated rings. The van der Waals surface area contributed by atoms with Crippen LogP contribution in [0, 0.1) is 15.5 Å². The second-order valence-corrected chi connectivity index (χ2v) is 5.08. The van der Waals surface area contributed by atoms with Gasteiger partial charge in [-0.25, -0.2) is 0 Å². The predicted molar refractivity (Wildman–Crippen MR) is 69.6 cm³/mol. The zero-order chi connectivity index (χ0) is 13.0. The fraction of sp³-hybridized carbons (Fsp3) is 0.583. The van der Waals surface area contributed by atoms with E-state index in [9.17, 15) is 10.1 Å². The van der Waals surface area contributed by atoms with Crippen molar-refractivity contribution < 1.29 is 4.92 Å². The molecule has 0 amide bonds. The van der Waals surface area contributed by atoms with Crippen molar-refractivity contribution in [2.45, 2.75) is 19.8 Å². The minimum absolute atomic E-state index is 0.107. The zero-order valence-corrected chi connectivity index (χ0v) is 10.5. The topological polar surface area (TPSA) is 80.1 Å². The van der Waals surface area contributed by atoms with Crippen molar-refractivity contribution in [2.75, 3.05) is 25.0 Å². The Hall–Kier alpha value is -1.69. The predicted octanol–water partition coefficient (Wildman–Crippen LogP) is 1.79. The molecule has 0 aromatic carbocycles. The third kappa shape index (κ3) is 2.95. The molecule has 18 heavy (non-hydrogen) atoms. The van der Waals surface area contributed by atoms with Crippen LogP contribution in [0.25, 0.3) is 0 Å². The van der Waals surface area contributed by atoms with Crippen LogP contribution in [0.2, 0.25) is 0 Å². The molecule has 1 aliphatic rings. The van der Waals surface area contributed by atoms with Gasteiger partial charge in [0, 0.05) is 13.1 Å². The highest BCUT2D eigenvalue weighted by molar-refractivity contribution is 5.56. The number of pyridine rings is 1. The van der Waals surface area contributed by atoms with Gasteiger partial charge < -0.3 is 20.7 Å². The third-order valence-electron chi connectivity index (χ3n) is 3.35. The number of nitro groups is 1. The summed E-state index contributed by atoms with van der Waals surface area (Å²) in [6.45, 7) is 4.90. The molecule has 0 bridgehead atoms. The standard InChI is InChI=1S/C12H18N4O2/c1-12(5-3-6-13-8-12)9-15-10-4-2-7-14-11(10)16(17)18/h2,4,7,13,15H,3,5-6,8-9H2,1H3. The van der Waals surface area contributed by atoms with E-state index in [1.54, 1.807) is 12.1 Å². The number of aromatic nitrogens is 1. The van der Waals surface area contributed by atoms with Crippen molar-refractivity contribution in [3.05, 3.63) is 28.4 Å². The van der Waals surface area contributed by atoms with Gasteiger partial charge in [-0.05, 0) is 46.8 Å². The van der Waals surface area contributed by atoms with Crippen molar-refractivity contribution in [2.24, 2.45) is 5.41 Å². The Morgan fingerprint density at radius 3 is 3.17 bits per heavy atom. The summed E-state index contributed by atoms with van der Waals surface area (Å²) in [5.41, 5.74) is 0.636. The van der Waals surface area contributed by atoms with E-state index in [4.69, 9.17) is 0 Å². The molecule has 1 saturated heterocycles. The summed E-state index contributed by atoms with van der Waals surface area (Å²) in [4.78, 5) is 14.2. The maximum atomic E-state index is 10.8. The normalized spacial score (nSPS) is 23.6. The molecule has 2 rings (SSSR count). The summed E-state index contributed by atoms with van der Waals surface area (Å²) < 4.78 is 0. The Labute approximate surface area is 106 Å². The lowest BCUT2D eigenvalue weighted by atomic mass is 9.83. The van der Waals surface area contributed by atoms with E-state index < -0.39 is 4.92 Å². The van der Waals surface area contributed by atoms with E-state index in [1.807, 2.05) is 0 Å². The third-order valence-corrected chi connectivity index (χ3v) is 3.35. The smallest absolute Gasteiger partial charge is 0.378 e. The Morgan fingerprint density at radius 2 is 2.50 bits per heavy atom. The molecular weight excluding hydrogens is 232 g/mol. The highest BCUT2D eigenvalue weighted by Crippen LogP contribution is 2.27. The SMILES string of the molecule is CC1(CNc2cccnc2[N+](=O)[O-])CCCNC1. The highest BCUT2D eigenvalue weighted by atomic mass is 16.6. The molecular formula is C12H18N4O2. The molecule has 1 atom stereocenters. The molecule has 0 aliphatic carbocycles. The van der Waals surface area contributed by atoms with Gasteiger partial charge in [0.15, 0.2) is 0 Å². The summed E-state index contributed by atoms with van der Waals surface area (Å²) in [6.07, 6.45) is 3.71. The number of hydrogen-bond acceptors (Lipinski definition) is 5. The van der Waals surface area contributed by atoms with Crippen molar-refractivity contribution in [1.29, 1.82) is 0 Å². The highest BCUT2D eigenvalue weighted by Gasteiger charge is 2.27. The molecule has 98 valence electrons. The first kappa shape index (κ1) is 12.8. The average molecular weight is 250 g/mol. The van der Waals surface area contributed by atoms with Gasteiger partial charge in [0.1, 0.15) is 11.9 Å². The van der Waals surface area contributed by atoms with Crippen LogP contribution in [-0.4, -0.2) is 29.5 Å². The van der Waals surface area contributed by atoms with Crippen molar-refractivity contribution in [3.8, 4) is 0 Å². The first-order valence-electron chi connectivity index (χ1n) is 6.15. The number of nitrogens with one attached hydrogen (secondary N) is 2. The van der Waals surface area contributed by atoms with E-state index in [0.717, 1.165) is 25.9 Å². The van der Waals surface area contributed by atoms with Crippen molar-refractivity contribution in [1.82, 2.24) is 10.3 Å². The minimum Gasteiger partial charge on any atom is -0.378 e. The minimum atomic E-state index is -0.455.